The van der Waals surface area contributed by atoms with Crippen LogP contribution in [0.3, 0.4) is 0 Å². The van der Waals surface area contributed by atoms with Crippen molar-refractivity contribution in [3.63, 3.8) is 0 Å². The third-order valence-corrected chi connectivity index (χ3v) is 4.19. The van der Waals surface area contributed by atoms with Crippen LogP contribution in [0.2, 0.25) is 5.02 Å². The topological polar surface area (TPSA) is 31.6 Å². The van der Waals surface area contributed by atoms with Crippen molar-refractivity contribution in [1.82, 2.24) is 0 Å². The Balaban J connectivity index is 1.98. The van der Waals surface area contributed by atoms with Gasteiger partial charge in [-0.3, -0.25) is 0 Å². The fourth-order valence-electron chi connectivity index (χ4n) is 2.62. The van der Waals surface area contributed by atoms with Crippen LogP contribution in [0.4, 0.5) is 4.39 Å². The van der Waals surface area contributed by atoms with E-state index in [9.17, 15) is 4.39 Å². The second-order valence-electron chi connectivity index (χ2n) is 5.17. The van der Waals surface area contributed by atoms with Crippen molar-refractivity contribution in [2.75, 3.05) is 6.79 Å². The van der Waals surface area contributed by atoms with Crippen LogP contribution in [0.1, 0.15) is 5.56 Å². The number of hydrogen-bond acceptors (Lipinski definition) is 4. The van der Waals surface area contributed by atoms with E-state index >= 15 is 0 Å². The van der Waals surface area contributed by atoms with Gasteiger partial charge in [-0.15, -0.1) is 0 Å². The van der Waals surface area contributed by atoms with Crippen molar-refractivity contribution in [3.8, 4) is 17.1 Å². The minimum Gasteiger partial charge on any atom is -0.466 e. The van der Waals surface area contributed by atoms with Crippen LogP contribution in [0, 0.1) is 10.3 Å². The number of ether oxygens (including phenoxy) is 2. The van der Waals surface area contributed by atoms with Gasteiger partial charge in [-0.2, -0.15) is 0 Å². The lowest BCUT2D eigenvalue weighted by molar-refractivity contribution is -0.0159. The Morgan fingerprint density at radius 1 is 1.13 bits per heavy atom. The lowest BCUT2D eigenvalue weighted by Gasteiger charge is -2.20. The summed E-state index contributed by atoms with van der Waals surface area (Å²) in [4.78, 5) is 0. The summed E-state index contributed by atoms with van der Waals surface area (Å²) in [6, 6.07) is 9.50. The Bertz CT molecular complexity index is 983. The van der Waals surface area contributed by atoms with Crippen molar-refractivity contribution in [2.45, 2.75) is 6.61 Å². The van der Waals surface area contributed by atoms with Crippen molar-refractivity contribution in [1.29, 1.82) is 0 Å². The first-order valence-electron chi connectivity index (χ1n) is 6.88. The van der Waals surface area contributed by atoms with Crippen molar-refractivity contribution >= 4 is 34.8 Å². The summed E-state index contributed by atoms with van der Waals surface area (Å²) in [5, 5.41) is 1.11. The fourth-order valence-corrected chi connectivity index (χ4v) is 3.13. The van der Waals surface area contributed by atoms with Gasteiger partial charge in [0.2, 0.25) is 0 Å². The fraction of sp³-hybridized carbons (Fsp3) is 0.118. The summed E-state index contributed by atoms with van der Waals surface area (Å²) in [7, 11) is 0. The molecule has 0 atom stereocenters. The summed E-state index contributed by atoms with van der Waals surface area (Å²) >= 11 is 11.5. The van der Waals surface area contributed by atoms with E-state index in [1.165, 1.54) is 12.1 Å². The highest BCUT2D eigenvalue weighted by atomic mass is 35.5. The van der Waals surface area contributed by atoms with Crippen molar-refractivity contribution in [3.05, 3.63) is 57.3 Å². The highest BCUT2D eigenvalue weighted by molar-refractivity contribution is 7.71. The molecule has 1 aliphatic heterocycles. The standard InChI is InChI=1S/C17H10ClFO3S/c18-10-3-9-7-20-8-21-17(9)13(4-10)15-6-16(23)12-5-11(19)1-2-14(12)22-15/h1-6H,7-8H2. The van der Waals surface area contributed by atoms with Gasteiger partial charge in [-0.05, 0) is 30.3 Å². The van der Waals surface area contributed by atoms with E-state index in [4.69, 9.17) is 37.7 Å². The van der Waals surface area contributed by atoms with Crippen LogP contribution in [-0.4, -0.2) is 6.79 Å². The summed E-state index contributed by atoms with van der Waals surface area (Å²) in [5.41, 5.74) is 2.06. The lowest BCUT2D eigenvalue weighted by atomic mass is 10.1. The molecule has 4 rings (SSSR count). The molecular formula is C17H10ClFO3S. The molecular weight excluding hydrogens is 339 g/mol. The van der Waals surface area contributed by atoms with E-state index in [0.717, 1.165) is 5.56 Å². The molecule has 0 spiro atoms. The molecule has 2 aromatic carbocycles. The second-order valence-corrected chi connectivity index (χ2v) is 6.04. The third-order valence-electron chi connectivity index (χ3n) is 3.63. The van der Waals surface area contributed by atoms with E-state index in [-0.39, 0.29) is 12.6 Å². The summed E-state index contributed by atoms with van der Waals surface area (Å²) < 4.78 is 30.6. The zero-order valence-corrected chi connectivity index (χ0v) is 13.3. The maximum absolute atomic E-state index is 13.4. The quantitative estimate of drug-likeness (QED) is 0.544. The van der Waals surface area contributed by atoms with E-state index in [0.29, 0.717) is 44.2 Å². The van der Waals surface area contributed by atoms with Crippen LogP contribution in [0.15, 0.2) is 40.8 Å². The average molecular weight is 349 g/mol. The largest absolute Gasteiger partial charge is 0.466 e. The van der Waals surface area contributed by atoms with Gasteiger partial charge in [-0.1, -0.05) is 23.8 Å². The van der Waals surface area contributed by atoms with Gasteiger partial charge < -0.3 is 13.9 Å². The zero-order valence-electron chi connectivity index (χ0n) is 11.8. The van der Waals surface area contributed by atoms with E-state index in [2.05, 4.69) is 0 Å². The smallest absolute Gasteiger partial charge is 0.189 e. The Morgan fingerprint density at radius 3 is 2.87 bits per heavy atom. The number of benzene rings is 2. The predicted octanol–water partition coefficient (Wildman–Crippen LogP) is 5.49. The van der Waals surface area contributed by atoms with E-state index < -0.39 is 0 Å². The van der Waals surface area contributed by atoms with Crippen LogP contribution in [-0.2, 0) is 11.3 Å². The molecule has 1 aliphatic rings. The predicted molar refractivity (Wildman–Crippen MR) is 87.7 cm³/mol. The molecule has 3 nitrogen and oxygen atoms in total. The first kappa shape index (κ1) is 14.6. The Labute approximate surface area is 141 Å². The molecule has 0 aliphatic carbocycles. The SMILES string of the molecule is Fc1ccc2oc(-c3cc(Cl)cc4c3OCOC4)cc(=S)c2c1. The van der Waals surface area contributed by atoms with Gasteiger partial charge in [0.05, 0.1) is 16.7 Å². The second kappa shape index (κ2) is 5.60. The van der Waals surface area contributed by atoms with Crippen LogP contribution >= 0.6 is 23.8 Å². The lowest BCUT2D eigenvalue weighted by Crippen LogP contribution is -2.12. The molecule has 0 saturated carbocycles. The van der Waals surface area contributed by atoms with E-state index in [1.807, 2.05) is 0 Å². The zero-order chi connectivity index (χ0) is 16.0. The first-order chi connectivity index (χ1) is 11.1. The molecule has 2 heterocycles. The van der Waals surface area contributed by atoms with Gasteiger partial charge >= 0.3 is 0 Å². The molecule has 0 bridgehead atoms. The third kappa shape index (κ3) is 2.61. The number of fused-ring (bicyclic) bond motifs is 2. The molecule has 3 aromatic rings. The molecule has 0 radical (unpaired) electrons. The molecule has 116 valence electrons. The maximum atomic E-state index is 13.4. The monoisotopic (exact) mass is 348 g/mol. The molecule has 0 amide bonds. The van der Waals surface area contributed by atoms with Gasteiger partial charge in [0.1, 0.15) is 22.9 Å². The van der Waals surface area contributed by atoms with Gasteiger partial charge in [0.15, 0.2) is 6.79 Å². The molecule has 6 heteroatoms. The summed E-state index contributed by atoms with van der Waals surface area (Å²) in [6.45, 7) is 0.587. The Kier molecular flexibility index (Phi) is 3.56. The normalized spacial score (nSPS) is 13.7. The summed E-state index contributed by atoms with van der Waals surface area (Å²) in [6.07, 6.45) is 0. The first-order valence-corrected chi connectivity index (χ1v) is 7.67. The van der Waals surface area contributed by atoms with E-state index in [1.54, 1.807) is 24.3 Å². The highest BCUT2D eigenvalue weighted by Crippen LogP contribution is 2.39. The number of rotatable bonds is 1. The highest BCUT2D eigenvalue weighted by Gasteiger charge is 2.19. The molecule has 0 unspecified atom stereocenters. The molecule has 1 aromatic heterocycles. The molecule has 0 saturated heterocycles. The van der Waals surface area contributed by atoms with Gasteiger partial charge in [0.25, 0.3) is 0 Å². The number of halogens is 2. The Morgan fingerprint density at radius 2 is 2.00 bits per heavy atom. The molecule has 0 fully saturated rings. The van der Waals surface area contributed by atoms with Gasteiger partial charge in [-0.25, -0.2) is 4.39 Å². The Hall–Kier alpha value is -1.95. The van der Waals surface area contributed by atoms with Crippen LogP contribution < -0.4 is 4.74 Å². The van der Waals surface area contributed by atoms with Crippen LogP contribution in [0.5, 0.6) is 5.75 Å². The van der Waals surface area contributed by atoms with Crippen molar-refractivity contribution < 1.29 is 18.3 Å². The summed E-state index contributed by atoms with van der Waals surface area (Å²) in [5.74, 6) is 0.835. The molecule has 23 heavy (non-hydrogen) atoms. The maximum Gasteiger partial charge on any atom is 0.189 e. The molecule has 0 N–H and O–H groups in total. The minimum atomic E-state index is -0.354. The van der Waals surface area contributed by atoms with Crippen LogP contribution in [0.25, 0.3) is 22.3 Å². The average Bonchev–Trinajstić information content (AvgIpc) is 2.54. The minimum absolute atomic E-state index is 0.168. The van der Waals surface area contributed by atoms with Crippen molar-refractivity contribution in [2.24, 2.45) is 0 Å². The van der Waals surface area contributed by atoms with Gasteiger partial charge in [0, 0.05) is 22.0 Å². The number of hydrogen-bond donors (Lipinski definition) is 0.